The molecule has 0 spiro atoms. The highest BCUT2D eigenvalue weighted by Crippen LogP contribution is 2.61. The lowest BCUT2D eigenvalue weighted by Gasteiger charge is -2.57. The monoisotopic (exact) mass is 406 g/mol. The van der Waals surface area contributed by atoms with E-state index in [0.29, 0.717) is 17.9 Å². The smallest absolute Gasteiger partial charge is 0.192 e. The van der Waals surface area contributed by atoms with Crippen LogP contribution in [0, 0.1) is 17.3 Å². The number of rotatable bonds is 3. The van der Waals surface area contributed by atoms with Gasteiger partial charge in [0.05, 0.1) is 6.10 Å². The molecule has 0 aromatic heterocycles. The number of hydrogen-bond donors (Lipinski definition) is 1. The zero-order valence-corrected chi connectivity index (χ0v) is 20.2. The van der Waals surface area contributed by atoms with Crippen LogP contribution in [0.15, 0.2) is 11.6 Å². The molecule has 2 bridgehead atoms. The summed E-state index contributed by atoms with van der Waals surface area (Å²) in [6, 6.07) is 0. The molecule has 0 aromatic rings. The van der Waals surface area contributed by atoms with Gasteiger partial charge in [-0.25, -0.2) is 0 Å². The molecule has 4 aliphatic rings. The molecule has 4 heteroatoms. The number of allylic oxidation sites excluding steroid dienone is 1. The number of aliphatic hydroxyl groups is 1. The van der Waals surface area contributed by atoms with Crippen LogP contribution in [0.25, 0.3) is 0 Å². The maximum Gasteiger partial charge on any atom is 0.192 e. The summed E-state index contributed by atoms with van der Waals surface area (Å²) in [6.07, 6.45) is 10.2. The molecule has 4 rings (SSSR count). The van der Waals surface area contributed by atoms with Crippen LogP contribution in [-0.4, -0.2) is 37.3 Å². The molecule has 0 amide bonds. The molecule has 160 valence electrons. The topological polar surface area (TPSA) is 38.7 Å². The zero-order valence-electron chi connectivity index (χ0n) is 19.2. The third-order valence-corrected chi connectivity index (χ3v) is 13.9. The first-order valence-electron chi connectivity index (χ1n) is 11.6. The summed E-state index contributed by atoms with van der Waals surface area (Å²) in [6.45, 7) is 16.5. The van der Waals surface area contributed by atoms with Crippen molar-refractivity contribution in [3.63, 3.8) is 0 Å². The molecule has 2 saturated heterocycles. The second-order valence-electron chi connectivity index (χ2n) is 12.1. The summed E-state index contributed by atoms with van der Waals surface area (Å²) in [5.41, 5.74) is 0.879. The molecule has 7 atom stereocenters. The Kier molecular flexibility index (Phi) is 5.02. The second kappa shape index (κ2) is 6.67. The first kappa shape index (κ1) is 21.1. The van der Waals surface area contributed by atoms with Gasteiger partial charge in [0.15, 0.2) is 8.32 Å². The highest BCUT2D eigenvalue weighted by molar-refractivity contribution is 6.74. The standard InChI is InChI=1S/C24H42O3Si/c1-16-11-13-23(5,15-20(16)27-28(6,7)22(2,3)4)24-14-12-19(26-24)17-9-8-10-18(17)21(24)25/h10,16-17,19-21,25H,8-9,11-15H2,1-7H3/t16-,17?,19?,20+,21?,23-,24?/m0/s1. The van der Waals surface area contributed by atoms with Crippen LogP contribution < -0.4 is 0 Å². The van der Waals surface area contributed by atoms with Crippen LogP contribution in [-0.2, 0) is 9.16 Å². The van der Waals surface area contributed by atoms with Gasteiger partial charge in [0, 0.05) is 17.4 Å². The van der Waals surface area contributed by atoms with Gasteiger partial charge in [-0.1, -0.05) is 40.7 Å². The van der Waals surface area contributed by atoms with E-state index in [1.807, 2.05) is 0 Å². The van der Waals surface area contributed by atoms with Crippen molar-refractivity contribution in [2.75, 3.05) is 0 Å². The first-order chi connectivity index (χ1) is 12.9. The molecule has 3 fully saturated rings. The predicted octanol–water partition coefficient (Wildman–Crippen LogP) is 5.83. The number of hydrogen-bond acceptors (Lipinski definition) is 3. The Labute approximate surface area is 173 Å². The third-order valence-electron chi connectivity index (χ3n) is 9.37. The molecule has 2 aliphatic carbocycles. The van der Waals surface area contributed by atoms with Crippen molar-refractivity contribution in [2.24, 2.45) is 17.3 Å². The lowest BCUT2D eigenvalue weighted by atomic mass is 9.58. The van der Waals surface area contributed by atoms with Crippen molar-refractivity contribution < 1.29 is 14.3 Å². The lowest BCUT2D eigenvalue weighted by molar-refractivity contribution is -0.217. The van der Waals surface area contributed by atoms with Crippen LogP contribution in [0.5, 0.6) is 0 Å². The average molecular weight is 407 g/mol. The van der Waals surface area contributed by atoms with E-state index in [9.17, 15) is 5.11 Å². The summed E-state index contributed by atoms with van der Waals surface area (Å²) < 4.78 is 13.8. The average Bonchev–Trinajstić information content (AvgIpc) is 3.22. The van der Waals surface area contributed by atoms with Gasteiger partial charge in [-0.15, -0.1) is 0 Å². The maximum atomic E-state index is 11.5. The Morgan fingerprint density at radius 3 is 2.57 bits per heavy atom. The molecule has 28 heavy (non-hydrogen) atoms. The van der Waals surface area contributed by atoms with Gasteiger partial charge in [-0.05, 0) is 74.6 Å². The van der Waals surface area contributed by atoms with Gasteiger partial charge in [0.2, 0.25) is 0 Å². The maximum absolute atomic E-state index is 11.5. The molecular weight excluding hydrogens is 364 g/mol. The predicted molar refractivity (Wildman–Crippen MR) is 117 cm³/mol. The Bertz CT molecular complexity index is 651. The van der Waals surface area contributed by atoms with Crippen LogP contribution >= 0.6 is 0 Å². The highest BCUT2D eigenvalue weighted by atomic mass is 28.4. The Hall–Kier alpha value is -0.163. The number of fused-ring (bicyclic) bond motifs is 4. The summed E-state index contributed by atoms with van der Waals surface area (Å²) in [5.74, 6) is 1.05. The van der Waals surface area contributed by atoms with E-state index < -0.39 is 20.0 Å². The van der Waals surface area contributed by atoms with Crippen molar-refractivity contribution >= 4 is 8.32 Å². The lowest BCUT2D eigenvalue weighted by Crippen LogP contribution is -2.62. The molecule has 2 aliphatic heterocycles. The van der Waals surface area contributed by atoms with Gasteiger partial charge in [-0.3, -0.25) is 0 Å². The van der Waals surface area contributed by atoms with Crippen LogP contribution in [0.4, 0.5) is 0 Å². The van der Waals surface area contributed by atoms with E-state index in [2.05, 4.69) is 53.8 Å². The molecule has 1 N–H and O–H groups in total. The molecule has 2 heterocycles. The minimum absolute atomic E-state index is 0.0187. The van der Waals surface area contributed by atoms with Gasteiger partial charge < -0.3 is 14.3 Å². The van der Waals surface area contributed by atoms with E-state index in [1.54, 1.807) is 0 Å². The molecular formula is C24H42O3Si. The largest absolute Gasteiger partial charge is 0.414 e. The fourth-order valence-electron chi connectivity index (χ4n) is 6.31. The Morgan fingerprint density at radius 2 is 1.89 bits per heavy atom. The summed E-state index contributed by atoms with van der Waals surface area (Å²) in [5, 5.41) is 11.7. The second-order valence-corrected chi connectivity index (χ2v) is 16.8. The van der Waals surface area contributed by atoms with Crippen molar-refractivity contribution in [1.29, 1.82) is 0 Å². The van der Waals surface area contributed by atoms with Gasteiger partial charge in [0.1, 0.15) is 11.7 Å². The SMILES string of the molecule is C[C@H]1CC[C@](C)(C23CCC(O2)C2CCC=C2C3O)C[C@H]1O[Si](C)(C)C(C)(C)C. The summed E-state index contributed by atoms with van der Waals surface area (Å²) in [4.78, 5) is 0. The van der Waals surface area contributed by atoms with E-state index >= 15 is 0 Å². The van der Waals surface area contributed by atoms with Crippen LogP contribution in [0.3, 0.4) is 0 Å². The molecule has 0 radical (unpaired) electrons. The van der Waals surface area contributed by atoms with E-state index in [1.165, 1.54) is 12.0 Å². The van der Waals surface area contributed by atoms with E-state index in [-0.39, 0.29) is 16.6 Å². The van der Waals surface area contributed by atoms with Crippen molar-refractivity contribution in [2.45, 2.75) is 122 Å². The Balaban J connectivity index is 1.61. The summed E-state index contributed by atoms with van der Waals surface area (Å²) >= 11 is 0. The zero-order chi connectivity index (χ0) is 20.5. The van der Waals surface area contributed by atoms with Crippen LogP contribution in [0.2, 0.25) is 18.1 Å². The van der Waals surface area contributed by atoms with Crippen molar-refractivity contribution in [3.8, 4) is 0 Å². The van der Waals surface area contributed by atoms with Crippen LogP contribution in [0.1, 0.15) is 79.6 Å². The molecule has 1 saturated carbocycles. The third kappa shape index (κ3) is 3.00. The fourth-order valence-corrected chi connectivity index (χ4v) is 7.74. The first-order valence-corrected chi connectivity index (χ1v) is 14.5. The minimum Gasteiger partial charge on any atom is -0.414 e. The van der Waals surface area contributed by atoms with Gasteiger partial charge >= 0.3 is 0 Å². The normalized spacial score (nSPS) is 46.4. The van der Waals surface area contributed by atoms with Gasteiger partial charge in [-0.2, -0.15) is 0 Å². The number of aliphatic hydroxyl groups excluding tert-OH is 1. The van der Waals surface area contributed by atoms with Crippen molar-refractivity contribution in [1.82, 2.24) is 0 Å². The Morgan fingerprint density at radius 1 is 1.18 bits per heavy atom. The minimum atomic E-state index is -1.82. The highest BCUT2D eigenvalue weighted by Gasteiger charge is 2.65. The number of ether oxygens (including phenoxy) is 1. The van der Waals surface area contributed by atoms with Crippen molar-refractivity contribution in [3.05, 3.63) is 11.6 Å². The molecule has 3 nitrogen and oxygen atoms in total. The summed E-state index contributed by atoms with van der Waals surface area (Å²) in [7, 11) is -1.82. The fraction of sp³-hybridized carbons (Fsp3) is 0.917. The van der Waals surface area contributed by atoms with E-state index in [0.717, 1.165) is 38.5 Å². The van der Waals surface area contributed by atoms with E-state index in [4.69, 9.17) is 9.16 Å². The van der Waals surface area contributed by atoms with Gasteiger partial charge in [0.25, 0.3) is 0 Å². The quantitative estimate of drug-likeness (QED) is 0.473. The molecule has 4 unspecified atom stereocenters. The molecule has 0 aromatic carbocycles.